The Hall–Kier alpha value is -1.24. The molecule has 0 bridgehead atoms. The van der Waals surface area contributed by atoms with Gasteiger partial charge in [0.1, 0.15) is 6.04 Å². The number of rotatable bonds is 8. The van der Waals surface area contributed by atoms with E-state index in [2.05, 4.69) is 5.32 Å². The predicted octanol–water partition coefficient (Wildman–Crippen LogP) is -0.0371. The predicted molar refractivity (Wildman–Crippen MR) is 65.6 cm³/mol. The molecule has 0 fully saturated rings. The lowest BCUT2D eigenvalue weighted by atomic mass is 10.1. The van der Waals surface area contributed by atoms with Gasteiger partial charge in [0.25, 0.3) is 0 Å². The molecule has 6 nitrogen and oxygen atoms in total. The van der Waals surface area contributed by atoms with Crippen molar-refractivity contribution < 1.29 is 19.5 Å². The quantitative estimate of drug-likeness (QED) is 0.568. The van der Waals surface area contributed by atoms with Gasteiger partial charge in [-0.3, -0.25) is 9.59 Å². The number of hydrogen-bond donors (Lipinski definition) is 3. The summed E-state index contributed by atoms with van der Waals surface area (Å²) in [4.78, 5) is 32.7. The molecule has 0 aliphatic rings. The van der Waals surface area contributed by atoms with E-state index in [4.69, 9.17) is 10.8 Å². The van der Waals surface area contributed by atoms with E-state index in [9.17, 15) is 14.4 Å². The summed E-state index contributed by atoms with van der Waals surface area (Å²) in [5, 5.41) is 11.5. The first-order chi connectivity index (χ1) is 7.82. The first-order valence-corrected chi connectivity index (χ1v) is 6.30. The standard InChI is InChI=1S/C10H18N2O4S/c1-6(2)17-5-9(14)12-7(10(15)16)3-4-8(11)13/h6-7H,3-5H2,1-2H3,(H2,11,13)(H,12,14)(H,15,16)/t7-/m1/s1. The van der Waals surface area contributed by atoms with Crippen molar-refractivity contribution in [1.29, 1.82) is 0 Å². The second-order valence-corrected chi connectivity index (χ2v) is 5.39. The number of primary amides is 1. The molecule has 1 atom stereocenters. The molecule has 4 N–H and O–H groups in total. The molecule has 98 valence electrons. The number of carbonyl (C=O) groups is 3. The third-order valence-electron chi connectivity index (χ3n) is 1.86. The second kappa shape index (κ2) is 7.94. The molecule has 0 saturated heterocycles. The number of nitrogens with one attached hydrogen (secondary N) is 1. The SMILES string of the molecule is CC(C)SCC(=O)N[C@H](CCC(N)=O)C(=O)O. The summed E-state index contributed by atoms with van der Waals surface area (Å²) < 4.78 is 0. The third kappa shape index (κ3) is 8.56. The Labute approximate surface area is 104 Å². The molecule has 0 aliphatic carbocycles. The largest absolute Gasteiger partial charge is 0.480 e. The van der Waals surface area contributed by atoms with Gasteiger partial charge in [-0.25, -0.2) is 4.79 Å². The minimum absolute atomic E-state index is 0.0166. The van der Waals surface area contributed by atoms with Crippen LogP contribution in [-0.2, 0) is 14.4 Å². The summed E-state index contributed by atoms with van der Waals surface area (Å²) in [7, 11) is 0. The van der Waals surface area contributed by atoms with Crippen LogP contribution in [0.15, 0.2) is 0 Å². The van der Waals surface area contributed by atoms with Crippen LogP contribution in [0.1, 0.15) is 26.7 Å². The number of carboxylic acid groups (broad SMARTS) is 1. The number of carbonyl (C=O) groups excluding carboxylic acids is 2. The highest BCUT2D eigenvalue weighted by molar-refractivity contribution is 8.00. The van der Waals surface area contributed by atoms with Crippen LogP contribution < -0.4 is 11.1 Å². The van der Waals surface area contributed by atoms with Crippen molar-refractivity contribution in [2.24, 2.45) is 5.73 Å². The Bertz CT molecular complexity index is 294. The monoisotopic (exact) mass is 262 g/mol. The minimum atomic E-state index is -1.16. The highest BCUT2D eigenvalue weighted by Gasteiger charge is 2.20. The number of hydrogen-bond acceptors (Lipinski definition) is 4. The Morgan fingerprint density at radius 2 is 1.94 bits per heavy atom. The molecular formula is C10H18N2O4S. The van der Waals surface area contributed by atoms with E-state index < -0.39 is 17.9 Å². The molecule has 0 rings (SSSR count). The Morgan fingerprint density at radius 1 is 1.35 bits per heavy atom. The minimum Gasteiger partial charge on any atom is -0.480 e. The molecule has 0 aromatic rings. The van der Waals surface area contributed by atoms with E-state index in [1.807, 2.05) is 13.8 Å². The van der Waals surface area contributed by atoms with Crippen molar-refractivity contribution >= 4 is 29.5 Å². The summed E-state index contributed by atoms with van der Waals surface area (Å²) in [6, 6.07) is -1.05. The summed E-state index contributed by atoms with van der Waals surface area (Å²) >= 11 is 1.42. The van der Waals surface area contributed by atoms with E-state index in [1.165, 1.54) is 11.8 Å². The molecule has 0 aromatic heterocycles. The molecular weight excluding hydrogens is 244 g/mol. The Balaban J connectivity index is 4.11. The fourth-order valence-electron chi connectivity index (χ4n) is 1.02. The molecule has 7 heteroatoms. The van der Waals surface area contributed by atoms with Gasteiger partial charge in [0.15, 0.2) is 0 Å². The van der Waals surface area contributed by atoms with Gasteiger partial charge in [-0.2, -0.15) is 0 Å². The van der Waals surface area contributed by atoms with E-state index in [1.54, 1.807) is 0 Å². The zero-order valence-corrected chi connectivity index (χ0v) is 10.8. The summed E-state index contributed by atoms with van der Waals surface area (Å²) in [6.07, 6.45) is -0.0443. The van der Waals surface area contributed by atoms with Crippen molar-refractivity contribution in [1.82, 2.24) is 5.32 Å². The van der Waals surface area contributed by atoms with Crippen LogP contribution in [-0.4, -0.2) is 39.9 Å². The smallest absolute Gasteiger partial charge is 0.326 e. The first kappa shape index (κ1) is 15.8. The molecule has 0 radical (unpaired) electrons. The average molecular weight is 262 g/mol. The maximum Gasteiger partial charge on any atom is 0.326 e. The molecule has 2 amide bonds. The van der Waals surface area contributed by atoms with Crippen molar-refractivity contribution in [3.05, 3.63) is 0 Å². The highest BCUT2D eigenvalue weighted by Crippen LogP contribution is 2.08. The van der Waals surface area contributed by atoms with Crippen LogP contribution in [0.25, 0.3) is 0 Å². The Morgan fingerprint density at radius 3 is 2.35 bits per heavy atom. The zero-order chi connectivity index (χ0) is 13.4. The van der Waals surface area contributed by atoms with Crippen LogP contribution in [0.3, 0.4) is 0 Å². The topological polar surface area (TPSA) is 109 Å². The van der Waals surface area contributed by atoms with Gasteiger partial charge in [-0.05, 0) is 11.7 Å². The maximum atomic E-state index is 11.4. The lowest BCUT2D eigenvalue weighted by Crippen LogP contribution is -2.42. The van der Waals surface area contributed by atoms with Gasteiger partial charge >= 0.3 is 5.97 Å². The van der Waals surface area contributed by atoms with Gasteiger partial charge in [0.05, 0.1) is 5.75 Å². The van der Waals surface area contributed by atoms with Gasteiger partial charge in [-0.15, -0.1) is 11.8 Å². The molecule has 0 aromatic carbocycles. The molecule has 17 heavy (non-hydrogen) atoms. The van der Waals surface area contributed by atoms with Crippen LogP contribution in [0.4, 0.5) is 0 Å². The van der Waals surface area contributed by atoms with Crippen molar-refractivity contribution in [3.8, 4) is 0 Å². The van der Waals surface area contributed by atoms with Crippen LogP contribution >= 0.6 is 11.8 Å². The molecule has 0 aliphatic heterocycles. The Kier molecular flexibility index (Phi) is 7.36. The average Bonchev–Trinajstić information content (AvgIpc) is 2.20. The zero-order valence-electron chi connectivity index (χ0n) is 9.93. The van der Waals surface area contributed by atoms with E-state index >= 15 is 0 Å². The maximum absolute atomic E-state index is 11.4. The van der Waals surface area contributed by atoms with Gasteiger partial charge in [0, 0.05) is 6.42 Å². The third-order valence-corrected chi connectivity index (χ3v) is 2.96. The lowest BCUT2D eigenvalue weighted by Gasteiger charge is -2.14. The van der Waals surface area contributed by atoms with Crippen molar-refractivity contribution in [3.63, 3.8) is 0 Å². The summed E-state index contributed by atoms with van der Waals surface area (Å²) in [6.45, 7) is 3.89. The highest BCUT2D eigenvalue weighted by atomic mass is 32.2. The number of amides is 2. The fraction of sp³-hybridized carbons (Fsp3) is 0.700. The van der Waals surface area contributed by atoms with E-state index in [0.29, 0.717) is 5.25 Å². The molecule has 0 spiro atoms. The van der Waals surface area contributed by atoms with Crippen LogP contribution in [0.5, 0.6) is 0 Å². The number of nitrogens with two attached hydrogens (primary N) is 1. The number of carboxylic acids is 1. The van der Waals surface area contributed by atoms with Crippen LogP contribution in [0, 0.1) is 0 Å². The molecule has 0 heterocycles. The number of thioether (sulfide) groups is 1. The van der Waals surface area contributed by atoms with E-state index in [-0.39, 0.29) is 24.5 Å². The first-order valence-electron chi connectivity index (χ1n) is 5.25. The fourth-order valence-corrected chi connectivity index (χ4v) is 1.59. The molecule has 0 saturated carbocycles. The number of aliphatic carboxylic acids is 1. The summed E-state index contributed by atoms with van der Waals surface area (Å²) in [5.74, 6) is -1.88. The van der Waals surface area contributed by atoms with Crippen molar-refractivity contribution in [2.45, 2.75) is 38.0 Å². The van der Waals surface area contributed by atoms with E-state index in [0.717, 1.165) is 0 Å². The second-order valence-electron chi connectivity index (χ2n) is 3.82. The molecule has 0 unspecified atom stereocenters. The van der Waals surface area contributed by atoms with Crippen molar-refractivity contribution in [2.75, 3.05) is 5.75 Å². The van der Waals surface area contributed by atoms with Gasteiger partial charge in [0.2, 0.25) is 11.8 Å². The lowest BCUT2D eigenvalue weighted by molar-refractivity contribution is -0.141. The normalized spacial score (nSPS) is 12.2. The van der Waals surface area contributed by atoms with Crippen LogP contribution in [0.2, 0.25) is 0 Å². The summed E-state index contributed by atoms with van der Waals surface area (Å²) in [5.41, 5.74) is 4.92. The van der Waals surface area contributed by atoms with Gasteiger partial charge < -0.3 is 16.2 Å². The van der Waals surface area contributed by atoms with Gasteiger partial charge in [-0.1, -0.05) is 13.8 Å².